The monoisotopic (exact) mass is 260 g/mol. The van der Waals surface area contributed by atoms with E-state index in [0.29, 0.717) is 0 Å². The zero-order valence-electron chi connectivity index (χ0n) is 12.0. The van der Waals surface area contributed by atoms with Gasteiger partial charge in [-0.1, -0.05) is 25.1 Å². The lowest BCUT2D eigenvalue weighted by Gasteiger charge is -2.10. The number of nitrogens with one attached hydrogen (secondary N) is 1. The van der Waals surface area contributed by atoms with E-state index >= 15 is 0 Å². The van der Waals surface area contributed by atoms with E-state index in [2.05, 4.69) is 47.3 Å². The van der Waals surface area contributed by atoms with Crippen molar-refractivity contribution >= 4 is 10.9 Å². The van der Waals surface area contributed by atoms with Crippen LogP contribution in [0.4, 0.5) is 0 Å². The van der Waals surface area contributed by atoms with Crippen LogP contribution in [0, 0.1) is 0 Å². The van der Waals surface area contributed by atoms with Gasteiger partial charge in [0.25, 0.3) is 0 Å². The second-order valence-electron chi connectivity index (χ2n) is 4.69. The highest BCUT2D eigenvalue weighted by Gasteiger charge is 2.05. The van der Waals surface area contributed by atoms with Gasteiger partial charge in [-0.2, -0.15) is 0 Å². The first-order valence-electron chi connectivity index (χ1n) is 7.22. The molecular formula is C16H24N2O. The lowest BCUT2D eigenvalue weighted by Crippen LogP contribution is -2.13. The molecular weight excluding hydrogens is 236 g/mol. The fourth-order valence-electron chi connectivity index (χ4n) is 2.41. The average Bonchev–Trinajstić information content (AvgIpc) is 2.85. The van der Waals surface area contributed by atoms with Crippen LogP contribution in [0.1, 0.15) is 25.8 Å². The molecule has 0 bridgehead atoms. The molecule has 0 unspecified atom stereocenters. The summed E-state index contributed by atoms with van der Waals surface area (Å²) in [5, 5.41) is 4.74. The van der Waals surface area contributed by atoms with Gasteiger partial charge in [-0.05, 0) is 36.9 Å². The van der Waals surface area contributed by atoms with Crippen LogP contribution in [-0.4, -0.2) is 24.3 Å². The summed E-state index contributed by atoms with van der Waals surface area (Å²) >= 11 is 0. The van der Waals surface area contributed by atoms with Gasteiger partial charge in [0.2, 0.25) is 0 Å². The smallest absolute Gasteiger partial charge is 0.0525 e. The molecule has 3 nitrogen and oxygen atoms in total. The van der Waals surface area contributed by atoms with Crippen molar-refractivity contribution in [1.29, 1.82) is 0 Å². The van der Waals surface area contributed by atoms with Crippen LogP contribution in [0.5, 0.6) is 0 Å². The number of ether oxygens (including phenoxy) is 1. The number of benzene rings is 1. The van der Waals surface area contributed by atoms with Crippen LogP contribution in [0.3, 0.4) is 0 Å². The number of hydrogen-bond acceptors (Lipinski definition) is 2. The van der Waals surface area contributed by atoms with Crippen molar-refractivity contribution < 1.29 is 4.74 Å². The molecule has 0 fully saturated rings. The number of fused-ring (bicyclic) bond motifs is 1. The number of aryl methyl sites for hydroxylation is 1. The van der Waals surface area contributed by atoms with Gasteiger partial charge in [0, 0.05) is 32.5 Å². The number of hydrogen-bond donors (Lipinski definition) is 1. The van der Waals surface area contributed by atoms with Gasteiger partial charge in [-0.15, -0.1) is 0 Å². The Morgan fingerprint density at radius 1 is 1.21 bits per heavy atom. The zero-order valence-corrected chi connectivity index (χ0v) is 12.0. The normalized spacial score (nSPS) is 11.3. The fraction of sp³-hybridized carbons (Fsp3) is 0.500. The minimum absolute atomic E-state index is 0.804. The van der Waals surface area contributed by atoms with E-state index in [0.717, 1.165) is 39.3 Å². The van der Waals surface area contributed by atoms with E-state index in [4.69, 9.17) is 4.74 Å². The standard InChI is InChI=1S/C16H24N2O/c1-3-17-13-15-8-5-7-14-9-11-18(16(14)15)10-6-12-19-4-2/h5,7-9,11,17H,3-4,6,10,12-13H2,1-2H3. The first kappa shape index (κ1) is 14.1. The third kappa shape index (κ3) is 3.58. The van der Waals surface area contributed by atoms with Crippen LogP contribution >= 0.6 is 0 Å². The van der Waals surface area contributed by atoms with Crippen molar-refractivity contribution in [2.45, 2.75) is 33.4 Å². The molecule has 19 heavy (non-hydrogen) atoms. The molecule has 0 amide bonds. The molecule has 0 aliphatic heterocycles. The molecule has 0 radical (unpaired) electrons. The van der Waals surface area contributed by atoms with Crippen LogP contribution < -0.4 is 5.32 Å². The quantitative estimate of drug-likeness (QED) is 0.738. The molecule has 0 atom stereocenters. The molecule has 0 aliphatic carbocycles. The van der Waals surface area contributed by atoms with E-state index in [1.54, 1.807) is 0 Å². The topological polar surface area (TPSA) is 26.2 Å². The fourth-order valence-corrected chi connectivity index (χ4v) is 2.41. The molecule has 0 spiro atoms. The molecule has 1 N–H and O–H groups in total. The molecule has 104 valence electrons. The van der Waals surface area contributed by atoms with Crippen molar-refractivity contribution in [3.8, 4) is 0 Å². The Kier molecular flexibility index (Phi) is 5.43. The summed E-state index contributed by atoms with van der Waals surface area (Å²) in [6.07, 6.45) is 3.25. The minimum atomic E-state index is 0.804. The summed E-state index contributed by atoms with van der Waals surface area (Å²) in [5.41, 5.74) is 2.74. The number of nitrogens with zero attached hydrogens (tertiary/aromatic N) is 1. The molecule has 2 rings (SSSR count). The minimum Gasteiger partial charge on any atom is -0.382 e. The van der Waals surface area contributed by atoms with Gasteiger partial charge in [0.05, 0.1) is 5.52 Å². The summed E-state index contributed by atoms with van der Waals surface area (Å²) in [6.45, 7) is 8.78. The molecule has 0 aliphatic rings. The number of para-hydroxylation sites is 1. The Balaban J connectivity index is 2.14. The Hall–Kier alpha value is -1.32. The predicted molar refractivity (Wildman–Crippen MR) is 80.4 cm³/mol. The van der Waals surface area contributed by atoms with Gasteiger partial charge in [-0.25, -0.2) is 0 Å². The summed E-state index contributed by atoms with van der Waals surface area (Å²) in [4.78, 5) is 0. The highest BCUT2D eigenvalue weighted by molar-refractivity contribution is 5.83. The first-order valence-corrected chi connectivity index (χ1v) is 7.22. The maximum Gasteiger partial charge on any atom is 0.0525 e. The van der Waals surface area contributed by atoms with Gasteiger partial charge < -0.3 is 14.6 Å². The SMILES string of the molecule is CCNCc1cccc2ccn(CCCOCC)c12. The van der Waals surface area contributed by atoms with Crippen LogP contribution in [0.15, 0.2) is 30.5 Å². The van der Waals surface area contributed by atoms with Crippen molar-refractivity contribution in [3.05, 3.63) is 36.0 Å². The Labute approximate surface area is 115 Å². The molecule has 1 aromatic carbocycles. The van der Waals surface area contributed by atoms with Crippen LogP contribution in [-0.2, 0) is 17.8 Å². The molecule has 1 heterocycles. The van der Waals surface area contributed by atoms with E-state index in [1.165, 1.54) is 16.5 Å². The van der Waals surface area contributed by atoms with Crippen LogP contribution in [0.2, 0.25) is 0 Å². The Bertz CT molecular complexity index is 504. The number of rotatable bonds is 8. The zero-order chi connectivity index (χ0) is 13.5. The van der Waals surface area contributed by atoms with Gasteiger partial charge in [0.1, 0.15) is 0 Å². The molecule has 0 saturated heterocycles. The largest absolute Gasteiger partial charge is 0.382 e. The average molecular weight is 260 g/mol. The maximum atomic E-state index is 5.41. The van der Waals surface area contributed by atoms with Crippen molar-refractivity contribution in [3.63, 3.8) is 0 Å². The second kappa shape index (κ2) is 7.31. The van der Waals surface area contributed by atoms with Gasteiger partial charge in [0.15, 0.2) is 0 Å². The highest BCUT2D eigenvalue weighted by atomic mass is 16.5. The summed E-state index contributed by atoms with van der Waals surface area (Å²) < 4.78 is 7.76. The lowest BCUT2D eigenvalue weighted by atomic mass is 10.1. The molecule has 3 heteroatoms. The van der Waals surface area contributed by atoms with E-state index in [-0.39, 0.29) is 0 Å². The predicted octanol–water partition coefficient (Wildman–Crippen LogP) is 3.18. The molecule has 1 aromatic heterocycles. The Morgan fingerprint density at radius 2 is 2.11 bits per heavy atom. The molecule has 2 aromatic rings. The van der Waals surface area contributed by atoms with Gasteiger partial charge in [-0.3, -0.25) is 0 Å². The summed E-state index contributed by atoms with van der Waals surface area (Å²) in [6, 6.07) is 8.73. The lowest BCUT2D eigenvalue weighted by molar-refractivity contribution is 0.142. The first-order chi connectivity index (χ1) is 9.36. The third-order valence-electron chi connectivity index (χ3n) is 3.33. The van der Waals surface area contributed by atoms with E-state index in [9.17, 15) is 0 Å². The van der Waals surface area contributed by atoms with E-state index < -0.39 is 0 Å². The van der Waals surface area contributed by atoms with Gasteiger partial charge >= 0.3 is 0 Å². The van der Waals surface area contributed by atoms with Crippen LogP contribution in [0.25, 0.3) is 10.9 Å². The van der Waals surface area contributed by atoms with Crippen molar-refractivity contribution in [2.24, 2.45) is 0 Å². The Morgan fingerprint density at radius 3 is 2.89 bits per heavy atom. The van der Waals surface area contributed by atoms with Crippen molar-refractivity contribution in [2.75, 3.05) is 19.8 Å². The second-order valence-corrected chi connectivity index (χ2v) is 4.69. The van der Waals surface area contributed by atoms with E-state index in [1.807, 2.05) is 6.92 Å². The summed E-state index contributed by atoms with van der Waals surface area (Å²) in [5.74, 6) is 0. The third-order valence-corrected chi connectivity index (χ3v) is 3.33. The van der Waals surface area contributed by atoms with Crippen molar-refractivity contribution in [1.82, 2.24) is 9.88 Å². The maximum absolute atomic E-state index is 5.41. The highest BCUT2D eigenvalue weighted by Crippen LogP contribution is 2.20. The number of aromatic nitrogens is 1. The molecule has 0 saturated carbocycles. The summed E-state index contributed by atoms with van der Waals surface area (Å²) in [7, 11) is 0.